The summed E-state index contributed by atoms with van der Waals surface area (Å²) in [5, 5.41) is 0. The Morgan fingerprint density at radius 3 is 1.84 bits per heavy atom. The molecule has 0 aliphatic carbocycles. The van der Waals surface area contributed by atoms with Crippen LogP contribution in [0.2, 0.25) is 0 Å². The summed E-state index contributed by atoms with van der Waals surface area (Å²) in [6.45, 7) is 1.98. The number of allylic oxidation sites excluding steroid dienone is 2. The molecule has 2 aromatic carbocycles. The molecular formula is C21H22O4. The summed E-state index contributed by atoms with van der Waals surface area (Å²) in [4.78, 5) is 12.0. The molecule has 0 aliphatic heterocycles. The molecular weight excluding hydrogens is 316 g/mol. The summed E-state index contributed by atoms with van der Waals surface area (Å²) in [7, 11) is 4.80. The van der Waals surface area contributed by atoms with Crippen molar-refractivity contribution in [3.8, 4) is 17.2 Å². The third-order valence-electron chi connectivity index (χ3n) is 3.72. The highest BCUT2D eigenvalue weighted by Crippen LogP contribution is 2.28. The van der Waals surface area contributed by atoms with Crippen molar-refractivity contribution in [3.63, 3.8) is 0 Å². The van der Waals surface area contributed by atoms with Gasteiger partial charge < -0.3 is 14.2 Å². The number of carbonyl (C=O) groups excluding carboxylic acids is 1. The van der Waals surface area contributed by atoms with Crippen molar-refractivity contribution in [2.75, 3.05) is 21.3 Å². The van der Waals surface area contributed by atoms with Gasteiger partial charge in [-0.2, -0.15) is 0 Å². The third kappa shape index (κ3) is 4.98. The first kappa shape index (κ1) is 18.3. The molecule has 2 aromatic rings. The molecule has 0 heterocycles. The van der Waals surface area contributed by atoms with Crippen LogP contribution < -0.4 is 14.2 Å². The van der Waals surface area contributed by atoms with Crippen LogP contribution in [0, 0.1) is 6.92 Å². The molecule has 0 aromatic heterocycles. The van der Waals surface area contributed by atoms with E-state index in [4.69, 9.17) is 14.2 Å². The molecule has 0 N–H and O–H groups in total. The maximum atomic E-state index is 12.0. The zero-order chi connectivity index (χ0) is 18.2. The molecule has 130 valence electrons. The Bertz CT molecular complexity index is 804. The van der Waals surface area contributed by atoms with Crippen LogP contribution in [0.25, 0.3) is 12.2 Å². The van der Waals surface area contributed by atoms with E-state index in [1.807, 2.05) is 37.3 Å². The highest BCUT2D eigenvalue weighted by molar-refractivity contribution is 6.04. The lowest BCUT2D eigenvalue weighted by Gasteiger charge is -2.07. The summed E-state index contributed by atoms with van der Waals surface area (Å²) in [6.07, 6.45) is 6.55. The number of aryl methyl sites for hydroxylation is 1. The van der Waals surface area contributed by atoms with Gasteiger partial charge in [0.15, 0.2) is 17.3 Å². The summed E-state index contributed by atoms with van der Waals surface area (Å²) in [5.74, 6) is 1.98. The summed E-state index contributed by atoms with van der Waals surface area (Å²) in [6, 6.07) is 11.3. The molecule has 0 spiro atoms. The fourth-order valence-corrected chi connectivity index (χ4v) is 2.31. The van der Waals surface area contributed by atoms with Crippen molar-refractivity contribution in [2.45, 2.75) is 6.92 Å². The first-order valence-electron chi connectivity index (χ1n) is 7.84. The molecule has 0 saturated heterocycles. The number of rotatable bonds is 7. The third-order valence-corrected chi connectivity index (χ3v) is 3.72. The van der Waals surface area contributed by atoms with Gasteiger partial charge >= 0.3 is 0 Å². The van der Waals surface area contributed by atoms with E-state index in [0.717, 1.165) is 22.4 Å². The van der Waals surface area contributed by atoms with E-state index in [2.05, 4.69) is 0 Å². The molecule has 0 amide bonds. The lowest BCUT2D eigenvalue weighted by atomic mass is 10.1. The van der Waals surface area contributed by atoms with E-state index in [-0.39, 0.29) is 5.78 Å². The largest absolute Gasteiger partial charge is 0.496 e. The van der Waals surface area contributed by atoms with Crippen LogP contribution in [-0.2, 0) is 4.79 Å². The molecule has 0 atom stereocenters. The Labute approximate surface area is 148 Å². The van der Waals surface area contributed by atoms with Gasteiger partial charge in [-0.05, 0) is 54.0 Å². The number of methoxy groups -OCH3 is 3. The Kier molecular flexibility index (Phi) is 6.40. The molecule has 4 heteroatoms. The van der Waals surface area contributed by atoms with Crippen LogP contribution in [0.4, 0.5) is 0 Å². The maximum absolute atomic E-state index is 12.0. The number of hydrogen-bond donors (Lipinski definition) is 0. The number of ketones is 1. The van der Waals surface area contributed by atoms with Gasteiger partial charge in [-0.3, -0.25) is 4.79 Å². The minimum absolute atomic E-state index is 0.102. The van der Waals surface area contributed by atoms with Gasteiger partial charge in [0.2, 0.25) is 0 Å². The predicted molar refractivity (Wildman–Crippen MR) is 100 cm³/mol. The molecule has 25 heavy (non-hydrogen) atoms. The van der Waals surface area contributed by atoms with Gasteiger partial charge in [-0.25, -0.2) is 0 Å². The zero-order valence-corrected chi connectivity index (χ0v) is 14.9. The van der Waals surface area contributed by atoms with E-state index in [1.165, 1.54) is 12.2 Å². The van der Waals surface area contributed by atoms with Gasteiger partial charge in [0.25, 0.3) is 0 Å². The van der Waals surface area contributed by atoms with Crippen molar-refractivity contribution < 1.29 is 19.0 Å². The molecule has 0 saturated carbocycles. The minimum atomic E-state index is -0.102. The Hall–Kier alpha value is -3.01. The van der Waals surface area contributed by atoms with Crippen molar-refractivity contribution in [1.29, 1.82) is 0 Å². The standard InChI is InChI=1S/C21H22O4/c1-15-5-6-16(13-20(15)24-3)7-10-18(22)11-8-17-9-12-19(23-2)21(14-17)25-4/h5-14H,1-4H3/b10-7+,11-8+. The normalized spacial score (nSPS) is 11.0. The van der Waals surface area contributed by atoms with Gasteiger partial charge in [-0.1, -0.05) is 30.4 Å². The molecule has 0 aliphatic rings. The van der Waals surface area contributed by atoms with Crippen LogP contribution in [0.3, 0.4) is 0 Å². The smallest absolute Gasteiger partial charge is 0.178 e. The van der Waals surface area contributed by atoms with Gasteiger partial charge in [0, 0.05) is 0 Å². The van der Waals surface area contributed by atoms with E-state index >= 15 is 0 Å². The SMILES string of the molecule is COc1cc(/C=C/C(=O)/C=C/c2ccc(OC)c(OC)c2)ccc1C. The van der Waals surface area contributed by atoms with E-state index < -0.39 is 0 Å². The second-order valence-corrected chi connectivity index (χ2v) is 5.41. The van der Waals surface area contributed by atoms with Gasteiger partial charge in [-0.15, -0.1) is 0 Å². The molecule has 0 unspecified atom stereocenters. The van der Waals surface area contributed by atoms with Crippen LogP contribution in [0.1, 0.15) is 16.7 Å². The number of carbonyl (C=O) groups is 1. The molecule has 4 nitrogen and oxygen atoms in total. The average molecular weight is 338 g/mol. The van der Waals surface area contributed by atoms with Crippen molar-refractivity contribution in [1.82, 2.24) is 0 Å². The van der Waals surface area contributed by atoms with Crippen LogP contribution in [0.15, 0.2) is 48.6 Å². The molecule has 2 rings (SSSR count). The van der Waals surface area contributed by atoms with Crippen molar-refractivity contribution in [3.05, 3.63) is 65.2 Å². The second kappa shape index (κ2) is 8.73. The van der Waals surface area contributed by atoms with E-state index in [9.17, 15) is 4.79 Å². The number of hydrogen-bond acceptors (Lipinski definition) is 4. The lowest BCUT2D eigenvalue weighted by molar-refractivity contribution is -0.110. The van der Waals surface area contributed by atoms with Crippen molar-refractivity contribution >= 4 is 17.9 Å². The summed E-state index contributed by atoms with van der Waals surface area (Å²) >= 11 is 0. The fourth-order valence-electron chi connectivity index (χ4n) is 2.31. The fraction of sp³-hybridized carbons (Fsp3) is 0.190. The summed E-state index contributed by atoms with van der Waals surface area (Å²) in [5.41, 5.74) is 2.83. The van der Waals surface area contributed by atoms with Gasteiger partial charge in [0.05, 0.1) is 21.3 Å². The minimum Gasteiger partial charge on any atom is -0.496 e. The van der Waals surface area contributed by atoms with Crippen LogP contribution in [-0.4, -0.2) is 27.1 Å². The average Bonchev–Trinajstić information content (AvgIpc) is 2.65. The monoisotopic (exact) mass is 338 g/mol. The lowest BCUT2D eigenvalue weighted by Crippen LogP contribution is -1.91. The highest BCUT2D eigenvalue weighted by atomic mass is 16.5. The molecule has 0 radical (unpaired) electrons. The Balaban J connectivity index is 2.08. The predicted octanol–water partition coefficient (Wildman–Crippen LogP) is 4.32. The first-order valence-corrected chi connectivity index (χ1v) is 7.84. The van der Waals surface area contributed by atoms with E-state index in [1.54, 1.807) is 39.5 Å². The number of ether oxygens (including phenoxy) is 3. The Morgan fingerprint density at radius 1 is 0.760 bits per heavy atom. The zero-order valence-electron chi connectivity index (χ0n) is 14.9. The quantitative estimate of drug-likeness (QED) is 0.706. The molecule has 0 fully saturated rings. The van der Waals surface area contributed by atoms with Gasteiger partial charge in [0.1, 0.15) is 5.75 Å². The molecule has 0 bridgehead atoms. The van der Waals surface area contributed by atoms with Crippen LogP contribution in [0.5, 0.6) is 17.2 Å². The highest BCUT2D eigenvalue weighted by Gasteiger charge is 2.03. The number of benzene rings is 2. The summed E-state index contributed by atoms with van der Waals surface area (Å²) < 4.78 is 15.7. The van der Waals surface area contributed by atoms with Crippen LogP contribution >= 0.6 is 0 Å². The second-order valence-electron chi connectivity index (χ2n) is 5.41. The maximum Gasteiger partial charge on any atom is 0.178 e. The topological polar surface area (TPSA) is 44.8 Å². The first-order chi connectivity index (χ1) is 12.1. The van der Waals surface area contributed by atoms with Crippen molar-refractivity contribution in [2.24, 2.45) is 0 Å². The Morgan fingerprint density at radius 2 is 1.28 bits per heavy atom. The van der Waals surface area contributed by atoms with E-state index in [0.29, 0.717) is 11.5 Å².